The van der Waals surface area contributed by atoms with Crippen molar-refractivity contribution in [3.8, 4) is 0 Å². The number of aliphatic imine (C=N–C) groups is 1. The molecule has 12 heteroatoms. The molecule has 1 aliphatic carbocycles. The summed E-state index contributed by atoms with van der Waals surface area (Å²) in [5.41, 5.74) is 7.68. The summed E-state index contributed by atoms with van der Waals surface area (Å²) in [4.78, 5) is 5.12. The van der Waals surface area contributed by atoms with Gasteiger partial charge < -0.3 is 10.6 Å². The SMILES string of the molecule is O=S(=O)(O)c1cccc(Nc2ccc(C(=C3C=CC(=Nc4cccc(S)c4)C=C3)c3ccc(Nc4cccc(S(=O)(=O)O)c4)cc3)cc2)c1. The summed E-state index contributed by atoms with van der Waals surface area (Å²) in [5, 5.41) is 6.35. The Morgan fingerprint density at radius 3 is 1.47 bits per heavy atom. The molecule has 0 saturated heterocycles. The van der Waals surface area contributed by atoms with Crippen LogP contribution in [0.25, 0.3) is 5.57 Å². The molecule has 0 atom stereocenters. The predicted molar refractivity (Wildman–Crippen MR) is 197 cm³/mol. The number of nitrogens with zero attached hydrogens (tertiary/aromatic N) is 1. The Balaban J connectivity index is 1.32. The van der Waals surface area contributed by atoms with E-state index >= 15 is 0 Å². The molecular formula is C37H29N3O6S3. The second-order valence-electron chi connectivity index (χ2n) is 11.0. The van der Waals surface area contributed by atoms with Crippen molar-refractivity contribution in [1.29, 1.82) is 0 Å². The van der Waals surface area contributed by atoms with E-state index in [-0.39, 0.29) is 9.79 Å². The fourth-order valence-electron chi connectivity index (χ4n) is 5.16. The molecule has 0 aliphatic heterocycles. The Morgan fingerprint density at radius 2 is 1.02 bits per heavy atom. The van der Waals surface area contributed by atoms with Crippen molar-refractivity contribution < 1.29 is 25.9 Å². The van der Waals surface area contributed by atoms with Gasteiger partial charge in [-0.15, -0.1) is 12.6 Å². The predicted octanol–water partition coefficient (Wildman–Crippen LogP) is 8.66. The first-order valence-electron chi connectivity index (χ1n) is 14.8. The van der Waals surface area contributed by atoms with Crippen molar-refractivity contribution in [2.24, 2.45) is 4.99 Å². The van der Waals surface area contributed by atoms with Crippen LogP contribution in [0.1, 0.15) is 11.1 Å². The maximum absolute atomic E-state index is 11.6. The van der Waals surface area contributed by atoms with Crippen LogP contribution in [0, 0.1) is 0 Å². The summed E-state index contributed by atoms with van der Waals surface area (Å²) in [6.07, 6.45) is 7.88. The summed E-state index contributed by atoms with van der Waals surface area (Å²) in [7, 11) is -8.68. The molecule has 5 aromatic carbocycles. The normalized spacial score (nSPS) is 12.9. The van der Waals surface area contributed by atoms with E-state index in [1.807, 2.05) is 97.1 Å². The topological polar surface area (TPSA) is 145 Å². The number of benzene rings is 5. The number of rotatable bonds is 9. The number of allylic oxidation sites excluding steroid dienone is 5. The lowest BCUT2D eigenvalue weighted by Gasteiger charge is -2.16. The minimum atomic E-state index is -4.34. The van der Waals surface area contributed by atoms with Crippen LogP contribution in [0.2, 0.25) is 0 Å². The Bertz CT molecular complexity index is 2240. The van der Waals surface area contributed by atoms with Gasteiger partial charge in [-0.2, -0.15) is 16.8 Å². The highest BCUT2D eigenvalue weighted by atomic mass is 32.2. The van der Waals surface area contributed by atoms with Crippen LogP contribution < -0.4 is 10.6 Å². The van der Waals surface area contributed by atoms with Crippen LogP contribution in [0.15, 0.2) is 171 Å². The molecule has 0 heterocycles. The number of hydrogen-bond acceptors (Lipinski definition) is 8. The molecule has 4 N–H and O–H groups in total. The van der Waals surface area contributed by atoms with E-state index in [0.29, 0.717) is 22.7 Å². The minimum absolute atomic E-state index is 0.206. The lowest BCUT2D eigenvalue weighted by Crippen LogP contribution is -2.00. The summed E-state index contributed by atoms with van der Waals surface area (Å²) >= 11 is 4.41. The van der Waals surface area contributed by atoms with Gasteiger partial charge in [-0.3, -0.25) is 9.11 Å². The fourth-order valence-corrected chi connectivity index (χ4v) is 6.43. The second kappa shape index (κ2) is 14.1. The largest absolute Gasteiger partial charge is 0.355 e. The number of anilines is 4. The summed E-state index contributed by atoms with van der Waals surface area (Å²) in [6.45, 7) is 0. The third kappa shape index (κ3) is 8.62. The number of thiol groups is 1. The Kier molecular flexibility index (Phi) is 9.67. The van der Waals surface area contributed by atoms with Gasteiger partial charge in [-0.1, -0.05) is 54.6 Å². The van der Waals surface area contributed by atoms with Crippen LogP contribution in [0.5, 0.6) is 0 Å². The van der Waals surface area contributed by atoms with Crippen molar-refractivity contribution in [3.63, 3.8) is 0 Å². The van der Waals surface area contributed by atoms with E-state index < -0.39 is 20.2 Å². The highest BCUT2D eigenvalue weighted by molar-refractivity contribution is 7.86. The van der Waals surface area contributed by atoms with Gasteiger partial charge in [-0.25, -0.2) is 4.99 Å². The molecule has 0 amide bonds. The van der Waals surface area contributed by atoms with Crippen molar-refractivity contribution in [2.45, 2.75) is 14.7 Å². The quantitative estimate of drug-likeness (QED) is 0.0756. The molecule has 5 aromatic rings. The van der Waals surface area contributed by atoms with Gasteiger partial charge in [0, 0.05) is 27.6 Å². The molecule has 9 nitrogen and oxygen atoms in total. The molecule has 0 fully saturated rings. The second-order valence-corrected chi connectivity index (χ2v) is 14.3. The maximum atomic E-state index is 11.6. The van der Waals surface area contributed by atoms with E-state index in [0.717, 1.165) is 38.6 Å². The molecule has 246 valence electrons. The smallest absolute Gasteiger partial charge is 0.294 e. The van der Waals surface area contributed by atoms with Crippen molar-refractivity contribution in [3.05, 3.63) is 162 Å². The monoisotopic (exact) mass is 707 g/mol. The highest BCUT2D eigenvalue weighted by Gasteiger charge is 2.14. The average molecular weight is 708 g/mol. The maximum Gasteiger partial charge on any atom is 0.294 e. The third-order valence-corrected chi connectivity index (χ3v) is 9.41. The molecule has 0 unspecified atom stereocenters. The van der Waals surface area contributed by atoms with Gasteiger partial charge in [0.2, 0.25) is 0 Å². The molecule has 1 aliphatic rings. The molecule has 49 heavy (non-hydrogen) atoms. The zero-order valence-electron chi connectivity index (χ0n) is 25.6. The molecular weight excluding hydrogens is 679 g/mol. The number of nitrogens with one attached hydrogen (secondary N) is 2. The Hall–Kier alpha value is -5.24. The van der Waals surface area contributed by atoms with E-state index in [4.69, 9.17) is 4.99 Å². The van der Waals surface area contributed by atoms with Crippen molar-refractivity contribution >= 4 is 72.6 Å². The highest BCUT2D eigenvalue weighted by Crippen LogP contribution is 2.33. The lowest BCUT2D eigenvalue weighted by atomic mass is 9.90. The van der Waals surface area contributed by atoms with Gasteiger partial charge in [0.25, 0.3) is 20.2 Å². The third-order valence-electron chi connectivity index (χ3n) is 7.43. The van der Waals surface area contributed by atoms with E-state index in [1.165, 1.54) is 24.3 Å². The van der Waals surface area contributed by atoms with Crippen molar-refractivity contribution in [1.82, 2.24) is 0 Å². The summed E-state index contributed by atoms with van der Waals surface area (Å²) in [6, 6.07) is 34.7. The van der Waals surface area contributed by atoms with Crippen LogP contribution >= 0.6 is 12.6 Å². The van der Waals surface area contributed by atoms with E-state index in [9.17, 15) is 25.9 Å². The molecule has 6 rings (SSSR count). The number of hydrogen-bond donors (Lipinski definition) is 5. The minimum Gasteiger partial charge on any atom is -0.355 e. The van der Waals surface area contributed by atoms with Crippen molar-refractivity contribution in [2.75, 3.05) is 10.6 Å². The van der Waals surface area contributed by atoms with E-state index in [1.54, 1.807) is 24.3 Å². The first kappa shape index (κ1) is 33.7. The molecule has 0 saturated carbocycles. The molecule has 0 radical (unpaired) electrons. The van der Waals surface area contributed by atoms with Gasteiger partial charge in [-0.05, 0) is 113 Å². The molecule has 0 bridgehead atoms. The van der Waals surface area contributed by atoms with Gasteiger partial charge in [0.05, 0.1) is 21.2 Å². The average Bonchev–Trinajstić information content (AvgIpc) is 3.07. The van der Waals surface area contributed by atoms with Gasteiger partial charge in [0.1, 0.15) is 0 Å². The van der Waals surface area contributed by atoms with Gasteiger partial charge >= 0.3 is 0 Å². The Morgan fingerprint density at radius 1 is 0.551 bits per heavy atom. The zero-order chi connectivity index (χ0) is 34.6. The summed E-state index contributed by atoms with van der Waals surface area (Å²) < 4.78 is 65.2. The Labute approximate surface area is 290 Å². The van der Waals surface area contributed by atoms with Crippen LogP contribution in [-0.2, 0) is 20.2 Å². The fraction of sp³-hybridized carbons (Fsp3) is 0. The molecule has 0 spiro atoms. The van der Waals surface area contributed by atoms with Crippen LogP contribution in [0.3, 0.4) is 0 Å². The van der Waals surface area contributed by atoms with Gasteiger partial charge in [0.15, 0.2) is 0 Å². The van der Waals surface area contributed by atoms with Crippen LogP contribution in [-0.4, -0.2) is 31.7 Å². The molecule has 0 aromatic heterocycles. The first-order valence-corrected chi connectivity index (χ1v) is 18.1. The lowest BCUT2D eigenvalue weighted by molar-refractivity contribution is 0.481. The van der Waals surface area contributed by atoms with Crippen LogP contribution in [0.4, 0.5) is 28.4 Å². The standard InChI is InChI=1S/C37H29N3O6S3/c41-48(42,43)35-8-2-5-32(23-35)39-29-18-12-26(13-19-29)37(25-10-16-28(17-11-25)38-31-4-1-7-34(47)22-31)27-14-20-30(21-15-27)40-33-6-3-9-36(24-33)49(44,45)46/h1-24,39-40,47H,(H,41,42,43)(H,44,45,46). The zero-order valence-corrected chi connectivity index (χ0v) is 28.1. The summed E-state index contributed by atoms with van der Waals surface area (Å²) in [5.74, 6) is 0. The van der Waals surface area contributed by atoms with E-state index in [2.05, 4.69) is 23.3 Å². The first-order chi connectivity index (χ1) is 23.4.